The van der Waals surface area contributed by atoms with Crippen LogP contribution in [0, 0.1) is 0 Å². The molecule has 4 aliphatic rings. The first kappa shape index (κ1) is 12.9. The maximum atomic E-state index is 12.8. The highest BCUT2D eigenvalue weighted by molar-refractivity contribution is 6.02. The highest BCUT2D eigenvalue weighted by Crippen LogP contribution is 2.52. The Kier molecular flexibility index (Phi) is 2.39. The lowest BCUT2D eigenvalue weighted by molar-refractivity contribution is -0.118. The molecule has 1 aromatic rings. The van der Waals surface area contributed by atoms with Crippen LogP contribution in [0.3, 0.4) is 0 Å². The Labute approximate surface area is 135 Å². The maximum Gasteiger partial charge on any atom is 0.252 e. The van der Waals surface area contributed by atoms with Gasteiger partial charge in [0.25, 0.3) is 5.91 Å². The first-order valence-corrected chi connectivity index (χ1v) is 8.05. The second-order valence-electron chi connectivity index (χ2n) is 6.64. The Morgan fingerprint density at radius 3 is 2.78 bits per heavy atom. The SMILES string of the molecule is COc1ccccc1C1(NC(=O)C2=C3C=C4CC4=C3C=C2)CC1. The molecule has 114 valence electrons. The van der Waals surface area contributed by atoms with Crippen molar-refractivity contribution in [3.8, 4) is 5.75 Å². The van der Waals surface area contributed by atoms with Gasteiger partial charge in [0.05, 0.1) is 12.6 Å². The topological polar surface area (TPSA) is 38.3 Å². The number of hydrogen-bond acceptors (Lipinski definition) is 2. The molecule has 3 heteroatoms. The van der Waals surface area contributed by atoms with E-state index in [9.17, 15) is 4.79 Å². The highest BCUT2D eigenvalue weighted by Gasteiger charge is 2.48. The van der Waals surface area contributed by atoms with Crippen LogP contribution in [0.15, 0.2) is 70.4 Å². The average Bonchev–Trinajstić information content (AvgIpc) is 3.44. The first-order valence-electron chi connectivity index (χ1n) is 8.05. The van der Waals surface area contributed by atoms with Crippen molar-refractivity contribution in [1.29, 1.82) is 0 Å². The maximum absolute atomic E-state index is 12.8. The number of nitrogens with one attached hydrogen (secondary N) is 1. The summed E-state index contributed by atoms with van der Waals surface area (Å²) in [5.41, 5.74) is 6.79. The zero-order valence-corrected chi connectivity index (χ0v) is 13.0. The number of methoxy groups -OCH3 is 1. The number of allylic oxidation sites excluding steroid dienone is 6. The van der Waals surface area contributed by atoms with Crippen LogP contribution in [0.25, 0.3) is 0 Å². The van der Waals surface area contributed by atoms with Crippen molar-refractivity contribution in [3.05, 3.63) is 75.9 Å². The Morgan fingerprint density at radius 2 is 2.00 bits per heavy atom. The Hall–Kier alpha value is -2.55. The second kappa shape index (κ2) is 4.25. The van der Waals surface area contributed by atoms with Crippen LogP contribution in [-0.4, -0.2) is 13.0 Å². The molecular weight excluding hydrogens is 286 g/mol. The molecule has 5 rings (SSSR count). The summed E-state index contributed by atoms with van der Waals surface area (Å²) in [5.74, 6) is 0.866. The molecule has 0 radical (unpaired) electrons. The molecule has 0 bridgehead atoms. The van der Waals surface area contributed by atoms with E-state index in [-0.39, 0.29) is 11.4 Å². The van der Waals surface area contributed by atoms with E-state index in [1.165, 1.54) is 16.7 Å². The molecule has 0 spiro atoms. The van der Waals surface area contributed by atoms with E-state index in [0.29, 0.717) is 0 Å². The number of carbonyl (C=O) groups is 1. The van der Waals surface area contributed by atoms with Crippen molar-refractivity contribution >= 4 is 5.91 Å². The Bertz CT molecular complexity index is 879. The van der Waals surface area contributed by atoms with Crippen molar-refractivity contribution < 1.29 is 9.53 Å². The molecule has 4 aliphatic carbocycles. The summed E-state index contributed by atoms with van der Waals surface area (Å²) in [6.07, 6.45) is 9.22. The van der Waals surface area contributed by atoms with Gasteiger partial charge in [0.15, 0.2) is 0 Å². The zero-order valence-electron chi connectivity index (χ0n) is 13.0. The largest absolute Gasteiger partial charge is 0.496 e. The second-order valence-corrected chi connectivity index (χ2v) is 6.64. The van der Waals surface area contributed by atoms with E-state index < -0.39 is 0 Å². The summed E-state index contributed by atoms with van der Waals surface area (Å²) in [4.78, 5) is 12.8. The third-order valence-corrected chi connectivity index (χ3v) is 5.24. The van der Waals surface area contributed by atoms with Gasteiger partial charge in [-0.15, -0.1) is 0 Å². The quantitative estimate of drug-likeness (QED) is 0.927. The molecule has 2 saturated carbocycles. The van der Waals surface area contributed by atoms with Crippen LogP contribution in [0.5, 0.6) is 5.75 Å². The normalized spacial score (nSPS) is 21.9. The van der Waals surface area contributed by atoms with Crippen LogP contribution >= 0.6 is 0 Å². The molecular formula is C20H17NO2. The van der Waals surface area contributed by atoms with E-state index in [1.807, 2.05) is 24.3 Å². The summed E-state index contributed by atoms with van der Waals surface area (Å²) in [6, 6.07) is 7.96. The lowest BCUT2D eigenvalue weighted by Crippen LogP contribution is -2.35. The third-order valence-electron chi connectivity index (χ3n) is 5.24. The van der Waals surface area contributed by atoms with Gasteiger partial charge < -0.3 is 10.1 Å². The lowest BCUT2D eigenvalue weighted by atomic mass is 10.0. The lowest BCUT2D eigenvalue weighted by Gasteiger charge is -2.21. The standard InChI is InChI=1S/C20H17NO2/c1-23-18-5-3-2-4-17(18)20(8-9-20)21-19(22)14-7-6-13-15-10-12(15)11-16(13)14/h2-7,11H,8-10H2,1H3,(H,21,22). The van der Waals surface area contributed by atoms with Gasteiger partial charge in [-0.2, -0.15) is 0 Å². The van der Waals surface area contributed by atoms with Crippen LogP contribution in [0.2, 0.25) is 0 Å². The Morgan fingerprint density at radius 1 is 1.17 bits per heavy atom. The number of benzene rings is 1. The van der Waals surface area contributed by atoms with E-state index in [1.54, 1.807) is 7.11 Å². The number of para-hydroxylation sites is 1. The minimum atomic E-state index is -0.268. The predicted octanol–water partition coefficient (Wildman–Crippen LogP) is 3.31. The third kappa shape index (κ3) is 1.79. The molecule has 0 unspecified atom stereocenters. The first-order chi connectivity index (χ1) is 11.2. The van der Waals surface area contributed by atoms with Gasteiger partial charge in [0, 0.05) is 11.1 Å². The number of carbonyl (C=O) groups excluding carboxylic acids is 1. The minimum absolute atomic E-state index is 0.0217. The van der Waals surface area contributed by atoms with E-state index >= 15 is 0 Å². The fourth-order valence-corrected chi connectivity index (χ4v) is 3.75. The summed E-state index contributed by atoms with van der Waals surface area (Å²) in [5, 5.41) is 3.26. The van der Waals surface area contributed by atoms with Crippen LogP contribution in [0.4, 0.5) is 0 Å². The predicted molar refractivity (Wildman–Crippen MR) is 87.9 cm³/mol. The Balaban J connectivity index is 1.46. The van der Waals surface area contributed by atoms with Crippen molar-refractivity contribution in [2.45, 2.75) is 24.8 Å². The van der Waals surface area contributed by atoms with Crippen molar-refractivity contribution in [2.75, 3.05) is 7.11 Å². The fraction of sp³-hybridized carbons (Fsp3) is 0.250. The number of fused-ring (bicyclic) bond motifs is 2. The summed E-state index contributed by atoms with van der Waals surface area (Å²) in [6.45, 7) is 0. The molecule has 0 atom stereocenters. The van der Waals surface area contributed by atoms with Crippen molar-refractivity contribution in [3.63, 3.8) is 0 Å². The summed E-state index contributed by atoms with van der Waals surface area (Å²) < 4.78 is 5.47. The number of ether oxygens (including phenoxy) is 1. The number of rotatable bonds is 4. The summed E-state index contributed by atoms with van der Waals surface area (Å²) in [7, 11) is 1.68. The van der Waals surface area contributed by atoms with Crippen LogP contribution in [-0.2, 0) is 10.3 Å². The van der Waals surface area contributed by atoms with E-state index in [4.69, 9.17) is 4.74 Å². The van der Waals surface area contributed by atoms with Gasteiger partial charge in [-0.25, -0.2) is 0 Å². The molecule has 2 fully saturated rings. The van der Waals surface area contributed by atoms with Gasteiger partial charge >= 0.3 is 0 Å². The monoisotopic (exact) mass is 303 g/mol. The van der Waals surface area contributed by atoms with Gasteiger partial charge in [-0.1, -0.05) is 24.3 Å². The van der Waals surface area contributed by atoms with E-state index in [2.05, 4.69) is 23.5 Å². The summed E-state index contributed by atoms with van der Waals surface area (Å²) >= 11 is 0. The molecule has 0 saturated heterocycles. The zero-order chi connectivity index (χ0) is 15.6. The molecule has 0 heterocycles. The molecule has 23 heavy (non-hydrogen) atoms. The minimum Gasteiger partial charge on any atom is -0.496 e. The number of amides is 1. The van der Waals surface area contributed by atoms with Crippen molar-refractivity contribution in [1.82, 2.24) is 5.32 Å². The molecule has 0 aliphatic heterocycles. The van der Waals surface area contributed by atoms with Crippen molar-refractivity contribution in [2.24, 2.45) is 0 Å². The van der Waals surface area contributed by atoms with Gasteiger partial charge in [0.2, 0.25) is 0 Å². The van der Waals surface area contributed by atoms with Gasteiger partial charge in [-0.05, 0) is 59.8 Å². The van der Waals surface area contributed by atoms with Crippen LogP contribution in [0.1, 0.15) is 24.8 Å². The molecule has 1 amide bonds. The van der Waals surface area contributed by atoms with Crippen LogP contribution < -0.4 is 10.1 Å². The number of hydrogen-bond donors (Lipinski definition) is 1. The van der Waals surface area contributed by atoms with Gasteiger partial charge in [0.1, 0.15) is 5.75 Å². The fourth-order valence-electron chi connectivity index (χ4n) is 3.75. The highest BCUT2D eigenvalue weighted by atomic mass is 16.5. The molecule has 1 aromatic carbocycles. The smallest absolute Gasteiger partial charge is 0.252 e. The average molecular weight is 303 g/mol. The molecule has 3 nitrogen and oxygen atoms in total. The molecule has 0 aromatic heterocycles. The van der Waals surface area contributed by atoms with E-state index in [0.717, 1.165) is 41.7 Å². The molecule has 1 N–H and O–H groups in total. The van der Waals surface area contributed by atoms with Gasteiger partial charge in [-0.3, -0.25) is 4.79 Å².